The Morgan fingerprint density at radius 2 is 1.93 bits per heavy atom. The van der Waals surface area contributed by atoms with Crippen molar-refractivity contribution in [2.24, 2.45) is 5.73 Å². The van der Waals surface area contributed by atoms with Crippen LogP contribution in [-0.2, 0) is 0 Å². The number of benzene rings is 2. The van der Waals surface area contributed by atoms with E-state index in [1.807, 2.05) is 32.9 Å². The van der Waals surface area contributed by atoms with E-state index >= 15 is 0 Å². The zero-order valence-corrected chi connectivity index (χ0v) is 19.0. The van der Waals surface area contributed by atoms with Gasteiger partial charge in [0.1, 0.15) is 0 Å². The highest BCUT2D eigenvalue weighted by Crippen LogP contribution is 2.33. The number of hydrogen-bond acceptors (Lipinski definition) is 3. The molecule has 0 aliphatic heterocycles. The lowest BCUT2D eigenvalue weighted by Gasteiger charge is -2.26. The van der Waals surface area contributed by atoms with Crippen LogP contribution in [0.1, 0.15) is 36.2 Å². The lowest BCUT2D eigenvalue weighted by molar-refractivity contribution is 0.0910. The Bertz CT molecular complexity index is 875. The van der Waals surface area contributed by atoms with Gasteiger partial charge < -0.3 is 16.4 Å². The number of hydrogen-bond donors (Lipinski definition) is 3. The summed E-state index contributed by atoms with van der Waals surface area (Å²) in [5, 5.41) is 5.71. The van der Waals surface area contributed by atoms with Crippen LogP contribution in [0.4, 0.5) is 20.2 Å². The SMILES string of the molecule is Cc1cc(I)ccc1Nc1c(C(=O)NC(C)(C)CCN)cc(Br)c(F)c1F. The molecule has 0 aliphatic carbocycles. The van der Waals surface area contributed by atoms with Crippen molar-refractivity contribution in [2.75, 3.05) is 11.9 Å². The Kier molecular flexibility index (Phi) is 7.20. The highest BCUT2D eigenvalue weighted by molar-refractivity contribution is 14.1. The summed E-state index contributed by atoms with van der Waals surface area (Å²) >= 11 is 5.14. The molecule has 0 saturated heterocycles. The summed E-state index contributed by atoms with van der Waals surface area (Å²) in [6, 6.07) is 6.78. The summed E-state index contributed by atoms with van der Waals surface area (Å²) in [7, 11) is 0. The highest BCUT2D eigenvalue weighted by atomic mass is 127. The summed E-state index contributed by atoms with van der Waals surface area (Å²) in [6.07, 6.45) is 0.544. The van der Waals surface area contributed by atoms with E-state index in [0.29, 0.717) is 18.7 Å². The van der Waals surface area contributed by atoms with Gasteiger partial charge >= 0.3 is 0 Å². The minimum absolute atomic E-state index is 0.00354. The molecule has 0 aromatic heterocycles. The Balaban J connectivity index is 2.49. The standard InChI is InChI=1S/C19H21BrF2IN3O/c1-10-8-11(23)4-5-14(10)25-17-12(9-13(20)15(21)16(17)22)18(27)26-19(2,3)6-7-24/h4-5,8-9,25H,6-7,24H2,1-3H3,(H,26,27). The number of carbonyl (C=O) groups excluding carboxylic acids is 1. The molecule has 0 spiro atoms. The summed E-state index contributed by atoms with van der Waals surface area (Å²) in [5.74, 6) is -2.69. The first kappa shape index (κ1) is 22.0. The van der Waals surface area contributed by atoms with E-state index in [2.05, 4.69) is 49.2 Å². The van der Waals surface area contributed by atoms with E-state index in [-0.39, 0.29) is 15.7 Å². The first-order chi connectivity index (χ1) is 12.6. The van der Waals surface area contributed by atoms with Crippen molar-refractivity contribution >= 4 is 55.8 Å². The second kappa shape index (κ2) is 8.83. The van der Waals surface area contributed by atoms with E-state index < -0.39 is 23.1 Å². The van der Waals surface area contributed by atoms with Gasteiger partial charge in [-0.05, 0) is 102 Å². The van der Waals surface area contributed by atoms with Gasteiger partial charge in [-0.2, -0.15) is 0 Å². The largest absolute Gasteiger partial charge is 0.352 e. The van der Waals surface area contributed by atoms with Crippen LogP contribution in [0.25, 0.3) is 0 Å². The van der Waals surface area contributed by atoms with Crippen molar-refractivity contribution in [3.63, 3.8) is 0 Å². The van der Waals surface area contributed by atoms with E-state index in [9.17, 15) is 13.6 Å². The molecule has 0 atom stereocenters. The first-order valence-corrected chi connectivity index (χ1v) is 10.2. The quantitative estimate of drug-likeness (QED) is 0.340. The summed E-state index contributed by atoms with van der Waals surface area (Å²) in [6.45, 7) is 5.88. The molecule has 2 aromatic carbocycles. The third-order valence-electron chi connectivity index (χ3n) is 4.08. The molecule has 0 fully saturated rings. The third-order valence-corrected chi connectivity index (χ3v) is 5.32. The van der Waals surface area contributed by atoms with E-state index in [1.54, 1.807) is 6.07 Å². The van der Waals surface area contributed by atoms with Gasteiger partial charge in [0.05, 0.1) is 15.7 Å². The zero-order valence-electron chi connectivity index (χ0n) is 15.2. The van der Waals surface area contributed by atoms with Crippen LogP contribution >= 0.6 is 38.5 Å². The summed E-state index contributed by atoms with van der Waals surface area (Å²) in [5.41, 5.74) is 6.22. The number of halogens is 4. The van der Waals surface area contributed by atoms with Crippen LogP contribution < -0.4 is 16.4 Å². The molecular formula is C19H21BrF2IN3O. The predicted molar refractivity (Wildman–Crippen MR) is 116 cm³/mol. The first-order valence-electron chi connectivity index (χ1n) is 8.29. The van der Waals surface area contributed by atoms with Crippen molar-refractivity contribution < 1.29 is 13.6 Å². The molecule has 0 heterocycles. The van der Waals surface area contributed by atoms with Gasteiger partial charge in [0.15, 0.2) is 11.6 Å². The summed E-state index contributed by atoms with van der Waals surface area (Å²) in [4.78, 5) is 12.8. The van der Waals surface area contributed by atoms with Gasteiger partial charge in [0, 0.05) is 14.8 Å². The second-order valence-electron chi connectivity index (χ2n) is 6.87. The van der Waals surface area contributed by atoms with Crippen LogP contribution in [0, 0.1) is 22.1 Å². The lowest BCUT2D eigenvalue weighted by atomic mass is 9.99. The average molecular weight is 552 g/mol. The van der Waals surface area contributed by atoms with Crippen molar-refractivity contribution in [3.05, 3.63) is 55.1 Å². The molecule has 146 valence electrons. The van der Waals surface area contributed by atoms with Crippen molar-refractivity contribution in [1.82, 2.24) is 5.32 Å². The Morgan fingerprint density at radius 3 is 2.52 bits per heavy atom. The fourth-order valence-corrected chi connectivity index (χ4v) is 3.65. The Labute approximate surface area is 179 Å². The maximum absolute atomic E-state index is 14.7. The molecular weight excluding hydrogens is 531 g/mol. The van der Waals surface area contributed by atoms with E-state index in [1.165, 1.54) is 6.07 Å². The molecule has 0 aliphatic rings. The number of nitrogens with one attached hydrogen (secondary N) is 2. The minimum atomic E-state index is -1.12. The van der Waals surface area contributed by atoms with Crippen LogP contribution in [0.2, 0.25) is 0 Å². The van der Waals surface area contributed by atoms with Gasteiger partial charge in [0.25, 0.3) is 5.91 Å². The van der Waals surface area contributed by atoms with Gasteiger partial charge in [-0.15, -0.1) is 0 Å². The maximum atomic E-state index is 14.7. The number of carbonyl (C=O) groups is 1. The molecule has 0 unspecified atom stereocenters. The van der Waals surface area contributed by atoms with Crippen LogP contribution in [0.5, 0.6) is 0 Å². The van der Waals surface area contributed by atoms with Crippen LogP contribution in [-0.4, -0.2) is 18.0 Å². The van der Waals surface area contributed by atoms with Crippen molar-refractivity contribution in [2.45, 2.75) is 32.7 Å². The summed E-state index contributed by atoms with van der Waals surface area (Å²) < 4.78 is 29.7. The Hall–Kier alpha value is -1.26. The zero-order chi connectivity index (χ0) is 20.4. The Morgan fingerprint density at radius 1 is 1.26 bits per heavy atom. The monoisotopic (exact) mass is 551 g/mol. The number of anilines is 2. The third kappa shape index (κ3) is 5.39. The maximum Gasteiger partial charge on any atom is 0.253 e. The average Bonchev–Trinajstić information content (AvgIpc) is 2.56. The molecule has 4 N–H and O–H groups in total. The molecule has 0 bridgehead atoms. The topological polar surface area (TPSA) is 67.2 Å². The minimum Gasteiger partial charge on any atom is -0.352 e. The molecule has 8 heteroatoms. The number of nitrogens with two attached hydrogens (primary N) is 1. The second-order valence-corrected chi connectivity index (χ2v) is 8.97. The van der Waals surface area contributed by atoms with Crippen molar-refractivity contribution in [1.29, 1.82) is 0 Å². The molecule has 27 heavy (non-hydrogen) atoms. The smallest absolute Gasteiger partial charge is 0.253 e. The van der Waals surface area contributed by atoms with Gasteiger partial charge in [0.2, 0.25) is 0 Å². The number of rotatable bonds is 6. The van der Waals surface area contributed by atoms with Crippen LogP contribution in [0.15, 0.2) is 28.7 Å². The van der Waals surface area contributed by atoms with Gasteiger partial charge in [-0.1, -0.05) is 0 Å². The van der Waals surface area contributed by atoms with Crippen molar-refractivity contribution in [3.8, 4) is 0 Å². The molecule has 1 amide bonds. The number of aryl methyl sites for hydroxylation is 1. The lowest BCUT2D eigenvalue weighted by Crippen LogP contribution is -2.45. The van der Waals surface area contributed by atoms with E-state index in [4.69, 9.17) is 5.73 Å². The molecule has 0 saturated carbocycles. The normalized spacial score (nSPS) is 11.4. The fourth-order valence-electron chi connectivity index (χ4n) is 2.60. The molecule has 2 rings (SSSR count). The molecule has 0 radical (unpaired) electrons. The molecule has 2 aromatic rings. The van der Waals surface area contributed by atoms with Crippen LogP contribution in [0.3, 0.4) is 0 Å². The fraction of sp³-hybridized carbons (Fsp3) is 0.316. The predicted octanol–water partition coefficient (Wildman–Crippen LogP) is 5.24. The number of amides is 1. The van der Waals surface area contributed by atoms with E-state index in [0.717, 1.165) is 9.13 Å². The highest BCUT2D eigenvalue weighted by Gasteiger charge is 2.26. The van der Waals surface area contributed by atoms with Gasteiger partial charge in [-0.3, -0.25) is 4.79 Å². The molecule has 4 nitrogen and oxygen atoms in total. The van der Waals surface area contributed by atoms with Gasteiger partial charge in [-0.25, -0.2) is 8.78 Å².